The number of phenolic OH excluding ortho intramolecular Hbond substituents is 1. The number of nitrogens with one attached hydrogen (secondary N) is 1. The van der Waals surface area contributed by atoms with Gasteiger partial charge in [-0.05, 0) is 62.4 Å². The molecule has 1 aromatic carbocycles. The second-order valence-corrected chi connectivity index (χ2v) is 7.22. The molecule has 3 nitrogen and oxygen atoms in total. The summed E-state index contributed by atoms with van der Waals surface area (Å²) in [5.74, 6) is 1.67. The summed E-state index contributed by atoms with van der Waals surface area (Å²) in [5.41, 5.74) is 3.85. The molecule has 0 aromatic heterocycles. The quantitative estimate of drug-likeness (QED) is 0.877. The molecule has 116 valence electrons. The van der Waals surface area contributed by atoms with Crippen molar-refractivity contribution in [1.82, 2.24) is 10.2 Å². The Kier molecular flexibility index (Phi) is 3.98. The van der Waals surface area contributed by atoms with Crippen molar-refractivity contribution in [2.75, 3.05) is 20.1 Å². The zero-order valence-electron chi connectivity index (χ0n) is 13.7. The fraction of sp³-hybridized carbons (Fsp3) is 0.667. The molecule has 2 N–H and O–H groups in total. The third kappa shape index (κ3) is 2.69. The lowest BCUT2D eigenvalue weighted by Gasteiger charge is -2.37. The number of aryl methyl sites for hydroxylation is 1. The molecule has 1 saturated heterocycles. The van der Waals surface area contributed by atoms with Crippen LogP contribution in [-0.2, 0) is 0 Å². The number of piperidine rings is 1. The van der Waals surface area contributed by atoms with Gasteiger partial charge in [-0.3, -0.25) is 0 Å². The second kappa shape index (κ2) is 5.62. The minimum Gasteiger partial charge on any atom is -0.508 e. The van der Waals surface area contributed by atoms with E-state index in [1.54, 1.807) is 0 Å². The average Bonchev–Trinajstić information content (AvgIpc) is 2.75. The fourth-order valence-corrected chi connectivity index (χ4v) is 4.36. The van der Waals surface area contributed by atoms with E-state index in [9.17, 15) is 5.11 Å². The van der Waals surface area contributed by atoms with Gasteiger partial charge in [0.2, 0.25) is 0 Å². The molecular formula is C18H28N2O. The van der Waals surface area contributed by atoms with E-state index < -0.39 is 0 Å². The summed E-state index contributed by atoms with van der Waals surface area (Å²) in [6.07, 6.45) is 2.30. The summed E-state index contributed by atoms with van der Waals surface area (Å²) in [6, 6.07) is 4.78. The number of fused-ring (bicyclic) bond motifs is 1. The lowest BCUT2D eigenvalue weighted by molar-refractivity contribution is 0.165. The average molecular weight is 288 g/mol. The van der Waals surface area contributed by atoms with Crippen LogP contribution in [0.2, 0.25) is 0 Å². The fourth-order valence-electron chi connectivity index (χ4n) is 4.36. The van der Waals surface area contributed by atoms with Crippen LogP contribution in [0.3, 0.4) is 0 Å². The molecule has 4 unspecified atom stereocenters. The minimum atomic E-state index is 0.311. The van der Waals surface area contributed by atoms with Gasteiger partial charge >= 0.3 is 0 Å². The van der Waals surface area contributed by atoms with E-state index in [1.165, 1.54) is 17.5 Å². The molecule has 0 radical (unpaired) electrons. The van der Waals surface area contributed by atoms with Crippen LogP contribution in [0.25, 0.3) is 0 Å². The lowest BCUT2D eigenvalue weighted by atomic mass is 9.92. The van der Waals surface area contributed by atoms with Crippen molar-refractivity contribution in [3.8, 4) is 5.75 Å². The maximum absolute atomic E-state index is 10.3. The second-order valence-electron chi connectivity index (χ2n) is 7.22. The van der Waals surface area contributed by atoms with Crippen molar-refractivity contribution in [1.29, 1.82) is 0 Å². The van der Waals surface area contributed by atoms with Gasteiger partial charge in [0.15, 0.2) is 0 Å². The number of phenols is 1. The van der Waals surface area contributed by atoms with Gasteiger partial charge in [0.1, 0.15) is 5.75 Å². The lowest BCUT2D eigenvalue weighted by Crippen LogP contribution is -2.47. The molecule has 3 rings (SSSR count). The van der Waals surface area contributed by atoms with Crippen molar-refractivity contribution in [2.45, 2.75) is 51.6 Å². The van der Waals surface area contributed by atoms with Crippen LogP contribution in [0.4, 0.5) is 0 Å². The van der Waals surface area contributed by atoms with Crippen molar-refractivity contribution >= 4 is 0 Å². The largest absolute Gasteiger partial charge is 0.508 e. The summed E-state index contributed by atoms with van der Waals surface area (Å²) < 4.78 is 0. The molecule has 1 fully saturated rings. The van der Waals surface area contributed by atoms with E-state index in [0.29, 0.717) is 29.7 Å². The van der Waals surface area contributed by atoms with Gasteiger partial charge in [-0.25, -0.2) is 0 Å². The van der Waals surface area contributed by atoms with E-state index in [-0.39, 0.29) is 0 Å². The zero-order chi connectivity index (χ0) is 15.1. The Bertz CT molecular complexity index is 528. The number of rotatable bonds is 2. The Balaban J connectivity index is 1.82. The van der Waals surface area contributed by atoms with Crippen LogP contribution in [0.1, 0.15) is 55.3 Å². The van der Waals surface area contributed by atoms with Gasteiger partial charge in [-0.15, -0.1) is 0 Å². The molecule has 0 saturated carbocycles. The van der Waals surface area contributed by atoms with E-state index >= 15 is 0 Å². The van der Waals surface area contributed by atoms with Crippen LogP contribution < -0.4 is 5.32 Å². The van der Waals surface area contributed by atoms with Crippen LogP contribution in [-0.4, -0.2) is 36.2 Å². The smallest absolute Gasteiger partial charge is 0.120 e. The first kappa shape index (κ1) is 14.9. The Morgan fingerprint density at radius 1 is 1.24 bits per heavy atom. The summed E-state index contributed by atoms with van der Waals surface area (Å²) in [4.78, 5) is 2.41. The number of hydrogen-bond acceptors (Lipinski definition) is 3. The molecule has 1 aliphatic heterocycles. The highest BCUT2D eigenvalue weighted by Gasteiger charge is 2.35. The summed E-state index contributed by atoms with van der Waals surface area (Å²) in [6.45, 7) is 9.10. The summed E-state index contributed by atoms with van der Waals surface area (Å²) in [5, 5.41) is 14.2. The molecule has 2 aliphatic rings. The molecule has 4 atom stereocenters. The predicted molar refractivity (Wildman–Crippen MR) is 86.8 cm³/mol. The van der Waals surface area contributed by atoms with E-state index in [4.69, 9.17) is 0 Å². The number of nitrogens with zero attached hydrogens (tertiary/aromatic N) is 1. The summed E-state index contributed by atoms with van der Waals surface area (Å²) in [7, 11) is 2.20. The number of likely N-dealkylation sites (tertiary alicyclic amines) is 1. The minimum absolute atomic E-state index is 0.311. The monoisotopic (exact) mass is 288 g/mol. The van der Waals surface area contributed by atoms with Gasteiger partial charge in [-0.2, -0.15) is 0 Å². The topological polar surface area (TPSA) is 35.5 Å². The van der Waals surface area contributed by atoms with Crippen molar-refractivity contribution in [2.24, 2.45) is 5.92 Å². The van der Waals surface area contributed by atoms with Crippen molar-refractivity contribution in [3.63, 3.8) is 0 Å². The SMILES string of the molecule is Cc1ccc(O)c2c1C(C)CC2NC1CCN(C)CC1C. The molecule has 0 spiro atoms. The predicted octanol–water partition coefficient (Wildman–Crippen LogP) is 3.18. The molecular weight excluding hydrogens is 260 g/mol. The van der Waals surface area contributed by atoms with Crippen LogP contribution in [0.5, 0.6) is 5.75 Å². The third-order valence-corrected chi connectivity index (χ3v) is 5.44. The Hall–Kier alpha value is -1.06. The number of aromatic hydroxyl groups is 1. The highest BCUT2D eigenvalue weighted by Crippen LogP contribution is 2.46. The highest BCUT2D eigenvalue weighted by molar-refractivity contribution is 5.50. The number of hydrogen-bond donors (Lipinski definition) is 2. The maximum Gasteiger partial charge on any atom is 0.120 e. The Labute approximate surface area is 128 Å². The highest BCUT2D eigenvalue weighted by atomic mass is 16.3. The Morgan fingerprint density at radius 3 is 2.71 bits per heavy atom. The molecule has 1 aliphatic carbocycles. The number of benzene rings is 1. The van der Waals surface area contributed by atoms with E-state index in [0.717, 1.165) is 25.1 Å². The van der Waals surface area contributed by atoms with Gasteiger partial charge in [0.25, 0.3) is 0 Å². The molecule has 21 heavy (non-hydrogen) atoms. The van der Waals surface area contributed by atoms with E-state index in [1.807, 2.05) is 12.1 Å². The first-order chi connectivity index (χ1) is 9.97. The molecule has 0 bridgehead atoms. The van der Waals surface area contributed by atoms with Crippen molar-refractivity contribution < 1.29 is 5.11 Å². The van der Waals surface area contributed by atoms with Gasteiger partial charge < -0.3 is 15.3 Å². The van der Waals surface area contributed by atoms with Crippen molar-refractivity contribution in [3.05, 3.63) is 28.8 Å². The first-order valence-corrected chi connectivity index (χ1v) is 8.24. The summed E-state index contributed by atoms with van der Waals surface area (Å²) >= 11 is 0. The molecule has 1 aromatic rings. The maximum atomic E-state index is 10.3. The van der Waals surface area contributed by atoms with Crippen LogP contribution >= 0.6 is 0 Å². The van der Waals surface area contributed by atoms with Gasteiger partial charge in [0.05, 0.1) is 0 Å². The van der Waals surface area contributed by atoms with Gasteiger partial charge in [-0.1, -0.05) is 19.9 Å². The standard InChI is InChI=1S/C18H28N2O/c1-11-5-6-16(21)18-15(9-12(2)17(11)18)19-14-7-8-20(4)10-13(14)3/h5-6,12-15,19,21H,7-10H2,1-4H3. The zero-order valence-corrected chi connectivity index (χ0v) is 13.7. The first-order valence-electron chi connectivity index (χ1n) is 8.24. The van der Waals surface area contributed by atoms with Crippen LogP contribution in [0, 0.1) is 12.8 Å². The molecule has 1 heterocycles. The molecule has 0 amide bonds. The molecule has 3 heteroatoms. The van der Waals surface area contributed by atoms with E-state index in [2.05, 4.69) is 38.0 Å². The normalized spacial score (nSPS) is 33.1. The van der Waals surface area contributed by atoms with Gasteiger partial charge in [0, 0.05) is 24.2 Å². The Morgan fingerprint density at radius 2 is 2.00 bits per heavy atom. The van der Waals surface area contributed by atoms with Crippen LogP contribution in [0.15, 0.2) is 12.1 Å². The third-order valence-electron chi connectivity index (χ3n) is 5.44.